The molecule has 156 valence electrons. The van der Waals surface area contributed by atoms with Gasteiger partial charge in [0, 0.05) is 18.2 Å². The van der Waals surface area contributed by atoms with Gasteiger partial charge in [0.2, 0.25) is 0 Å². The number of aromatic nitrogens is 3. The molecule has 0 bridgehead atoms. The summed E-state index contributed by atoms with van der Waals surface area (Å²) in [5, 5.41) is 11.6. The van der Waals surface area contributed by atoms with Crippen molar-refractivity contribution in [3.63, 3.8) is 0 Å². The smallest absolute Gasteiger partial charge is 0.251 e. The van der Waals surface area contributed by atoms with Gasteiger partial charge in [-0.1, -0.05) is 11.8 Å². The van der Waals surface area contributed by atoms with Gasteiger partial charge in [-0.15, -0.1) is 10.2 Å². The third-order valence-corrected chi connectivity index (χ3v) is 5.47. The fraction of sp³-hybridized carbons (Fsp3) is 0.238. The van der Waals surface area contributed by atoms with Crippen LogP contribution in [-0.2, 0) is 7.05 Å². The Morgan fingerprint density at radius 2 is 1.73 bits per heavy atom. The minimum absolute atomic E-state index is 0.0372. The largest absolute Gasteiger partial charge is 0.497 e. The Bertz CT molecular complexity index is 1040. The second-order valence-electron chi connectivity index (χ2n) is 6.54. The van der Waals surface area contributed by atoms with E-state index < -0.39 is 11.9 Å². The lowest BCUT2D eigenvalue weighted by Gasteiger charge is -2.13. The molecule has 1 atom stereocenters. The van der Waals surface area contributed by atoms with E-state index in [9.17, 15) is 14.0 Å². The third kappa shape index (κ3) is 5.04. The molecule has 0 aliphatic heterocycles. The zero-order valence-corrected chi connectivity index (χ0v) is 17.6. The van der Waals surface area contributed by atoms with Crippen molar-refractivity contribution >= 4 is 23.5 Å². The molecule has 0 saturated carbocycles. The van der Waals surface area contributed by atoms with Crippen LogP contribution in [-0.4, -0.2) is 39.3 Å². The maximum atomic E-state index is 13.0. The average molecular weight is 428 g/mol. The minimum atomic E-state index is -0.424. The monoisotopic (exact) mass is 428 g/mol. The Morgan fingerprint density at radius 3 is 2.37 bits per heavy atom. The molecule has 0 spiro atoms. The molecule has 0 unspecified atom stereocenters. The molecule has 3 aromatic rings. The van der Waals surface area contributed by atoms with Crippen molar-refractivity contribution < 1.29 is 18.7 Å². The molecule has 1 aromatic heterocycles. The number of carbonyl (C=O) groups excluding carboxylic acids is 2. The highest BCUT2D eigenvalue weighted by Gasteiger charge is 2.19. The highest BCUT2D eigenvalue weighted by Crippen LogP contribution is 2.21. The molecular weight excluding hydrogens is 407 g/mol. The number of hydrogen-bond donors (Lipinski definition) is 1. The lowest BCUT2D eigenvalue weighted by atomic mass is 10.1. The molecule has 1 N–H and O–H groups in total. The molecule has 0 aliphatic rings. The zero-order chi connectivity index (χ0) is 21.7. The van der Waals surface area contributed by atoms with E-state index in [1.54, 1.807) is 49.9 Å². The van der Waals surface area contributed by atoms with Crippen molar-refractivity contribution in [2.24, 2.45) is 7.05 Å². The van der Waals surface area contributed by atoms with Crippen LogP contribution in [0.3, 0.4) is 0 Å². The number of benzene rings is 2. The summed E-state index contributed by atoms with van der Waals surface area (Å²) in [5.74, 6) is 0.658. The first-order valence-electron chi connectivity index (χ1n) is 9.15. The maximum Gasteiger partial charge on any atom is 0.251 e. The highest BCUT2D eigenvalue weighted by molar-refractivity contribution is 7.99. The first-order valence-corrected chi connectivity index (χ1v) is 10.1. The van der Waals surface area contributed by atoms with E-state index in [1.807, 2.05) is 0 Å². The Balaban J connectivity index is 1.61. The first-order chi connectivity index (χ1) is 14.4. The lowest BCUT2D eigenvalue weighted by molar-refractivity contribution is 0.0937. The second-order valence-corrected chi connectivity index (χ2v) is 7.48. The normalized spacial score (nSPS) is 11.7. The number of amides is 1. The van der Waals surface area contributed by atoms with Gasteiger partial charge in [0.05, 0.1) is 18.9 Å². The summed E-state index contributed by atoms with van der Waals surface area (Å²) in [6, 6.07) is 11.8. The molecule has 3 rings (SSSR count). The van der Waals surface area contributed by atoms with Crippen LogP contribution in [0.1, 0.15) is 39.5 Å². The van der Waals surface area contributed by atoms with Gasteiger partial charge in [-0.2, -0.15) is 0 Å². The van der Waals surface area contributed by atoms with Gasteiger partial charge >= 0.3 is 0 Å². The quantitative estimate of drug-likeness (QED) is 0.437. The van der Waals surface area contributed by atoms with E-state index in [4.69, 9.17) is 4.74 Å². The van der Waals surface area contributed by atoms with Crippen molar-refractivity contribution in [3.8, 4) is 5.75 Å². The summed E-state index contributed by atoms with van der Waals surface area (Å²) >= 11 is 1.27. The molecule has 0 fully saturated rings. The van der Waals surface area contributed by atoms with Gasteiger partial charge in [-0.25, -0.2) is 4.39 Å². The molecule has 1 heterocycles. The molecule has 7 nitrogen and oxygen atoms in total. The molecular formula is C21H21FN4O3S. The van der Waals surface area contributed by atoms with Gasteiger partial charge in [-0.05, 0) is 55.5 Å². The summed E-state index contributed by atoms with van der Waals surface area (Å²) in [6.45, 7) is 1.78. The predicted octanol–water partition coefficient (Wildman–Crippen LogP) is 3.43. The fourth-order valence-corrected chi connectivity index (χ4v) is 3.58. The number of methoxy groups -OCH3 is 1. The molecule has 9 heteroatoms. The van der Waals surface area contributed by atoms with Crippen LogP contribution in [0.25, 0.3) is 0 Å². The SMILES string of the molecule is COc1ccc(C(=O)CSc2nnc([C@@H](C)NC(=O)c3ccc(F)cc3)n2C)cc1. The van der Waals surface area contributed by atoms with E-state index in [0.717, 1.165) is 0 Å². The fourth-order valence-electron chi connectivity index (χ4n) is 2.77. The second kappa shape index (κ2) is 9.53. The molecule has 2 aromatic carbocycles. The van der Waals surface area contributed by atoms with Gasteiger partial charge in [0.15, 0.2) is 16.8 Å². The number of ketones is 1. The van der Waals surface area contributed by atoms with Crippen LogP contribution in [0.15, 0.2) is 53.7 Å². The minimum Gasteiger partial charge on any atom is -0.497 e. The number of Topliss-reactive ketones (excluding diaryl/α,β-unsaturated/α-hetero) is 1. The number of carbonyl (C=O) groups is 2. The van der Waals surface area contributed by atoms with Crippen LogP contribution in [0.5, 0.6) is 5.75 Å². The molecule has 30 heavy (non-hydrogen) atoms. The predicted molar refractivity (Wildman–Crippen MR) is 111 cm³/mol. The van der Waals surface area contributed by atoms with Crippen LogP contribution in [0.2, 0.25) is 0 Å². The van der Waals surface area contributed by atoms with E-state index in [2.05, 4.69) is 15.5 Å². The number of halogens is 1. The third-order valence-electron chi connectivity index (χ3n) is 4.45. The standard InChI is InChI=1S/C21H21FN4O3S/c1-13(23-20(28)15-4-8-16(22)9-5-15)19-24-25-21(26(19)2)30-12-18(27)14-6-10-17(29-3)11-7-14/h4-11,13H,12H2,1-3H3,(H,23,28)/t13-/m1/s1. The lowest BCUT2D eigenvalue weighted by Crippen LogP contribution is -2.28. The summed E-state index contributed by atoms with van der Waals surface area (Å²) in [7, 11) is 3.34. The summed E-state index contributed by atoms with van der Waals surface area (Å²) in [6.07, 6.45) is 0. The molecule has 0 saturated heterocycles. The Morgan fingerprint density at radius 1 is 1.10 bits per heavy atom. The van der Waals surface area contributed by atoms with Crippen molar-refractivity contribution in [2.45, 2.75) is 18.1 Å². The van der Waals surface area contributed by atoms with Gasteiger partial charge < -0.3 is 14.6 Å². The summed E-state index contributed by atoms with van der Waals surface area (Å²) < 4.78 is 19.9. The maximum absolute atomic E-state index is 13.0. The van der Waals surface area contributed by atoms with E-state index in [1.165, 1.54) is 36.0 Å². The zero-order valence-electron chi connectivity index (χ0n) is 16.8. The number of nitrogens with one attached hydrogen (secondary N) is 1. The Kier molecular flexibility index (Phi) is 6.83. The Hall–Kier alpha value is -3.20. The summed E-state index contributed by atoms with van der Waals surface area (Å²) in [5.41, 5.74) is 0.940. The number of ether oxygens (including phenoxy) is 1. The average Bonchev–Trinajstić information content (AvgIpc) is 3.12. The topological polar surface area (TPSA) is 86.1 Å². The number of nitrogens with zero attached hydrogens (tertiary/aromatic N) is 3. The van der Waals surface area contributed by atoms with Crippen molar-refractivity contribution in [2.75, 3.05) is 12.9 Å². The van der Waals surface area contributed by atoms with Crippen LogP contribution < -0.4 is 10.1 Å². The van der Waals surface area contributed by atoms with Gasteiger partial charge in [-0.3, -0.25) is 9.59 Å². The van der Waals surface area contributed by atoms with Crippen LogP contribution >= 0.6 is 11.8 Å². The highest BCUT2D eigenvalue weighted by atomic mass is 32.2. The molecule has 1 amide bonds. The first kappa shape index (κ1) is 21.5. The van der Waals surface area contributed by atoms with Crippen molar-refractivity contribution in [1.82, 2.24) is 20.1 Å². The molecule has 0 aliphatic carbocycles. The van der Waals surface area contributed by atoms with Crippen LogP contribution in [0, 0.1) is 5.82 Å². The van der Waals surface area contributed by atoms with E-state index in [-0.39, 0.29) is 17.4 Å². The van der Waals surface area contributed by atoms with Gasteiger partial charge in [0.25, 0.3) is 5.91 Å². The number of rotatable bonds is 8. The Labute approximate surface area is 177 Å². The van der Waals surface area contributed by atoms with Crippen molar-refractivity contribution in [1.29, 1.82) is 0 Å². The van der Waals surface area contributed by atoms with Gasteiger partial charge in [0.1, 0.15) is 11.6 Å². The van der Waals surface area contributed by atoms with E-state index in [0.29, 0.717) is 27.9 Å². The molecule has 0 radical (unpaired) electrons. The van der Waals surface area contributed by atoms with Crippen LogP contribution in [0.4, 0.5) is 4.39 Å². The summed E-state index contributed by atoms with van der Waals surface area (Å²) in [4.78, 5) is 24.7. The van der Waals surface area contributed by atoms with E-state index >= 15 is 0 Å². The number of hydrogen-bond acceptors (Lipinski definition) is 6. The van der Waals surface area contributed by atoms with Crippen molar-refractivity contribution in [3.05, 3.63) is 71.3 Å². The number of thioether (sulfide) groups is 1.